The van der Waals surface area contributed by atoms with E-state index < -0.39 is 17.7 Å². The number of aliphatic hydroxyl groups is 1. The quantitative estimate of drug-likeness (QED) is 0.403. The van der Waals surface area contributed by atoms with Crippen molar-refractivity contribution >= 4 is 33.4 Å². The Morgan fingerprint density at radius 1 is 1.07 bits per heavy atom. The van der Waals surface area contributed by atoms with Crippen molar-refractivity contribution in [3.63, 3.8) is 0 Å². The Morgan fingerprint density at radius 3 is 2.28 bits per heavy atom. The maximum atomic E-state index is 12.9. The second kappa shape index (κ2) is 8.93. The molecule has 29 heavy (non-hydrogen) atoms. The number of carbonyl (C=O) groups is 2. The Labute approximate surface area is 179 Å². The zero-order chi connectivity index (χ0) is 21.1. The molecule has 0 spiro atoms. The normalized spacial score (nSPS) is 18.7. The summed E-state index contributed by atoms with van der Waals surface area (Å²) in [6.07, 6.45) is 0.737. The summed E-state index contributed by atoms with van der Waals surface area (Å²) in [5, 5.41) is 11.0. The van der Waals surface area contributed by atoms with Gasteiger partial charge in [-0.15, -0.1) is 0 Å². The summed E-state index contributed by atoms with van der Waals surface area (Å²) in [4.78, 5) is 29.4. The molecule has 1 saturated heterocycles. The lowest BCUT2D eigenvalue weighted by molar-refractivity contribution is -0.139. The van der Waals surface area contributed by atoms with E-state index >= 15 is 0 Å². The summed E-state index contributed by atoms with van der Waals surface area (Å²) >= 11 is 3.37. The van der Waals surface area contributed by atoms with Gasteiger partial charge in [-0.1, -0.05) is 57.9 Å². The molecular weight excluding hydrogens is 432 g/mol. The number of aryl methyl sites for hydroxylation is 1. The molecule has 1 amide bonds. The molecule has 0 aromatic heterocycles. The van der Waals surface area contributed by atoms with Crippen molar-refractivity contribution in [1.82, 2.24) is 9.80 Å². The SMILES string of the molecule is Cc1ccc([C@H]2C(=C(O)c3ccc(Br)cc3)C(=O)C(=O)N2CCCN(C)C)cc1. The van der Waals surface area contributed by atoms with Crippen LogP contribution in [0.1, 0.15) is 29.2 Å². The van der Waals surface area contributed by atoms with E-state index in [1.807, 2.05) is 50.2 Å². The van der Waals surface area contributed by atoms with Crippen molar-refractivity contribution in [2.45, 2.75) is 19.4 Å². The number of likely N-dealkylation sites (tertiary alicyclic amines) is 1. The van der Waals surface area contributed by atoms with E-state index in [9.17, 15) is 14.7 Å². The molecule has 6 heteroatoms. The number of rotatable bonds is 6. The predicted molar refractivity (Wildman–Crippen MR) is 118 cm³/mol. The highest BCUT2D eigenvalue weighted by atomic mass is 79.9. The van der Waals surface area contributed by atoms with Gasteiger partial charge in [-0.25, -0.2) is 0 Å². The molecule has 1 heterocycles. The summed E-state index contributed by atoms with van der Waals surface area (Å²) in [6.45, 7) is 3.23. The molecule has 1 atom stereocenters. The van der Waals surface area contributed by atoms with Crippen molar-refractivity contribution in [2.75, 3.05) is 27.2 Å². The lowest BCUT2D eigenvalue weighted by Crippen LogP contribution is -2.32. The molecule has 1 aliphatic heterocycles. The molecule has 0 aliphatic carbocycles. The fraction of sp³-hybridized carbons (Fsp3) is 0.304. The van der Waals surface area contributed by atoms with Crippen molar-refractivity contribution in [2.24, 2.45) is 0 Å². The maximum Gasteiger partial charge on any atom is 0.295 e. The fourth-order valence-electron chi connectivity index (χ4n) is 3.53. The van der Waals surface area contributed by atoms with Crippen LogP contribution in [0.2, 0.25) is 0 Å². The van der Waals surface area contributed by atoms with Crippen LogP contribution in [0, 0.1) is 6.92 Å². The van der Waals surface area contributed by atoms with E-state index in [2.05, 4.69) is 15.9 Å². The second-order valence-electron chi connectivity index (χ2n) is 7.57. The third-order valence-corrected chi connectivity index (χ3v) is 5.58. The van der Waals surface area contributed by atoms with E-state index in [0.29, 0.717) is 12.1 Å². The van der Waals surface area contributed by atoms with Crippen LogP contribution in [0.15, 0.2) is 58.6 Å². The van der Waals surface area contributed by atoms with Crippen LogP contribution < -0.4 is 0 Å². The summed E-state index contributed by atoms with van der Waals surface area (Å²) in [6, 6.07) is 14.2. The first kappa shape index (κ1) is 21.3. The number of aliphatic hydroxyl groups excluding tert-OH is 1. The molecule has 0 saturated carbocycles. The van der Waals surface area contributed by atoms with Crippen molar-refractivity contribution in [1.29, 1.82) is 0 Å². The molecule has 152 valence electrons. The third-order valence-electron chi connectivity index (χ3n) is 5.06. The average Bonchev–Trinajstić information content (AvgIpc) is 2.93. The van der Waals surface area contributed by atoms with Gasteiger partial charge in [0.1, 0.15) is 5.76 Å². The number of nitrogens with zero attached hydrogens (tertiary/aromatic N) is 2. The highest BCUT2D eigenvalue weighted by Gasteiger charge is 2.45. The first-order valence-electron chi connectivity index (χ1n) is 9.55. The van der Waals surface area contributed by atoms with Gasteiger partial charge in [0.2, 0.25) is 0 Å². The zero-order valence-corrected chi connectivity index (χ0v) is 18.4. The average molecular weight is 457 g/mol. The zero-order valence-electron chi connectivity index (χ0n) is 16.9. The summed E-state index contributed by atoms with van der Waals surface area (Å²) < 4.78 is 0.869. The lowest BCUT2D eigenvalue weighted by Gasteiger charge is -2.26. The first-order valence-corrected chi connectivity index (χ1v) is 10.3. The molecule has 2 aromatic rings. The standard InChI is InChI=1S/C23H25BrN2O3/c1-15-5-7-16(8-6-15)20-19(21(27)17-9-11-18(24)12-10-17)22(28)23(29)26(20)14-4-13-25(2)3/h5-12,20,27H,4,13-14H2,1-3H3/t20-/m0/s1. The molecule has 0 bridgehead atoms. The minimum absolute atomic E-state index is 0.142. The molecule has 0 radical (unpaired) electrons. The summed E-state index contributed by atoms with van der Waals surface area (Å²) in [5.74, 6) is -1.34. The smallest absolute Gasteiger partial charge is 0.295 e. The number of halogens is 1. The van der Waals surface area contributed by atoms with Crippen molar-refractivity contribution < 1.29 is 14.7 Å². The highest BCUT2D eigenvalue weighted by molar-refractivity contribution is 9.10. The Morgan fingerprint density at radius 2 is 1.69 bits per heavy atom. The molecule has 1 fully saturated rings. The number of ketones is 1. The van der Waals surface area contributed by atoms with Crippen LogP contribution in [0.25, 0.3) is 5.76 Å². The molecule has 2 aromatic carbocycles. The van der Waals surface area contributed by atoms with Gasteiger partial charge in [0, 0.05) is 16.6 Å². The molecule has 3 rings (SSSR count). The van der Waals surface area contributed by atoms with Crippen LogP contribution in [-0.2, 0) is 9.59 Å². The first-order chi connectivity index (χ1) is 13.8. The number of benzene rings is 2. The van der Waals surface area contributed by atoms with Crippen molar-refractivity contribution in [3.05, 3.63) is 75.3 Å². The van der Waals surface area contributed by atoms with Gasteiger partial charge in [0.15, 0.2) is 0 Å². The number of carbonyl (C=O) groups excluding carboxylic acids is 2. The van der Waals surface area contributed by atoms with Gasteiger partial charge < -0.3 is 14.9 Å². The van der Waals surface area contributed by atoms with Gasteiger partial charge in [0.25, 0.3) is 11.7 Å². The number of Topliss-reactive ketones (excluding diaryl/α,β-unsaturated/α-hetero) is 1. The topological polar surface area (TPSA) is 60.9 Å². The molecule has 1 aliphatic rings. The van der Waals surface area contributed by atoms with Crippen molar-refractivity contribution in [3.8, 4) is 0 Å². The van der Waals surface area contributed by atoms with Gasteiger partial charge in [-0.05, 0) is 51.7 Å². The van der Waals surface area contributed by atoms with Gasteiger partial charge in [-0.2, -0.15) is 0 Å². The van der Waals surface area contributed by atoms with Gasteiger partial charge >= 0.3 is 0 Å². The van der Waals surface area contributed by atoms with E-state index in [1.165, 1.54) is 0 Å². The van der Waals surface area contributed by atoms with Crippen LogP contribution in [0.5, 0.6) is 0 Å². The number of hydrogen-bond donors (Lipinski definition) is 1. The Kier molecular flexibility index (Phi) is 6.55. The van der Waals surface area contributed by atoms with Gasteiger partial charge in [-0.3, -0.25) is 9.59 Å². The van der Waals surface area contributed by atoms with Crippen LogP contribution >= 0.6 is 15.9 Å². The third kappa shape index (κ3) is 4.60. The molecule has 5 nitrogen and oxygen atoms in total. The fourth-order valence-corrected chi connectivity index (χ4v) is 3.79. The summed E-state index contributed by atoms with van der Waals surface area (Å²) in [5.41, 5.74) is 2.56. The lowest BCUT2D eigenvalue weighted by atomic mass is 9.94. The molecule has 1 N–H and O–H groups in total. The largest absolute Gasteiger partial charge is 0.507 e. The molecule has 0 unspecified atom stereocenters. The Balaban J connectivity index is 2.07. The van der Waals surface area contributed by atoms with E-state index in [1.54, 1.807) is 29.2 Å². The Hall–Kier alpha value is -2.44. The van der Waals surface area contributed by atoms with E-state index in [0.717, 1.165) is 28.6 Å². The second-order valence-corrected chi connectivity index (χ2v) is 8.48. The van der Waals surface area contributed by atoms with Gasteiger partial charge in [0.05, 0.1) is 11.6 Å². The minimum Gasteiger partial charge on any atom is -0.507 e. The Bertz CT molecular complexity index is 934. The van der Waals surface area contributed by atoms with Crippen LogP contribution in [0.4, 0.5) is 0 Å². The number of amides is 1. The van der Waals surface area contributed by atoms with E-state index in [4.69, 9.17) is 0 Å². The predicted octanol–water partition coefficient (Wildman–Crippen LogP) is 4.13. The number of hydrogen-bond acceptors (Lipinski definition) is 4. The highest BCUT2D eigenvalue weighted by Crippen LogP contribution is 2.39. The summed E-state index contributed by atoms with van der Waals surface area (Å²) in [7, 11) is 3.94. The van der Waals surface area contributed by atoms with Crippen LogP contribution in [0.3, 0.4) is 0 Å². The molecular formula is C23H25BrN2O3. The van der Waals surface area contributed by atoms with E-state index in [-0.39, 0.29) is 11.3 Å². The minimum atomic E-state index is -0.638. The monoisotopic (exact) mass is 456 g/mol. The van der Waals surface area contributed by atoms with Crippen LogP contribution in [-0.4, -0.2) is 53.8 Å². The maximum absolute atomic E-state index is 12.9.